The molecule has 0 saturated carbocycles. The van der Waals surface area contributed by atoms with Gasteiger partial charge < -0.3 is 19.9 Å². The number of anilines is 3. The molecule has 1 aliphatic rings. The minimum absolute atomic E-state index is 0.437. The third-order valence-electron chi connectivity index (χ3n) is 4.10. The van der Waals surface area contributed by atoms with Crippen LogP contribution in [0.15, 0.2) is 18.3 Å². The summed E-state index contributed by atoms with van der Waals surface area (Å²) in [6.45, 7) is 5.82. The van der Waals surface area contributed by atoms with Gasteiger partial charge in [-0.1, -0.05) is 11.6 Å². The second-order valence-corrected chi connectivity index (χ2v) is 6.26. The van der Waals surface area contributed by atoms with Crippen molar-refractivity contribution < 1.29 is 4.74 Å². The molecule has 2 aromatic rings. The van der Waals surface area contributed by atoms with E-state index in [1.54, 1.807) is 19.4 Å². The molecule has 3 rings (SSSR count). The Labute approximate surface area is 146 Å². The molecule has 0 radical (unpaired) electrons. The number of piperazine rings is 1. The minimum Gasteiger partial charge on any atom is -0.495 e. The van der Waals surface area contributed by atoms with Gasteiger partial charge in [0.15, 0.2) is 5.82 Å². The third-order valence-corrected chi connectivity index (χ3v) is 4.51. The van der Waals surface area contributed by atoms with Crippen molar-refractivity contribution >= 4 is 29.1 Å². The summed E-state index contributed by atoms with van der Waals surface area (Å²) in [7, 11) is 3.73. The van der Waals surface area contributed by atoms with Crippen LogP contribution in [0.2, 0.25) is 5.02 Å². The average Bonchev–Trinajstić information content (AvgIpc) is 2.59. The van der Waals surface area contributed by atoms with Crippen LogP contribution in [0.25, 0.3) is 0 Å². The second-order valence-electron chi connectivity index (χ2n) is 5.86. The van der Waals surface area contributed by atoms with Crippen LogP contribution in [-0.4, -0.2) is 60.4 Å². The Bertz CT molecular complexity index is 718. The summed E-state index contributed by atoms with van der Waals surface area (Å²) in [5.74, 6) is 1.90. The van der Waals surface area contributed by atoms with Crippen molar-refractivity contribution in [2.75, 3.05) is 50.6 Å². The maximum atomic E-state index is 6.14. The lowest BCUT2D eigenvalue weighted by Gasteiger charge is -2.32. The van der Waals surface area contributed by atoms with E-state index < -0.39 is 0 Å². The van der Waals surface area contributed by atoms with E-state index >= 15 is 0 Å². The number of nitrogens with zero attached hydrogens (tertiary/aromatic N) is 5. The lowest BCUT2D eigenvalue weighted by atomic mass is 10.2. The molecule has 1 N–H and O–H groups in total. The van der Waals surface area contributed by atoms with Crippen LogP contribution >= 0.6 is 11.6 Å². The van der Waals surface area contributed by atoms with Gasteiger partial charge in [-0.15, -0.1) is 5.10 Å². The number of hydrogen-bond donors (Lipinski definition) is 1. The molecule has 1 aromatic heterocycles. The van der Waals surface area contributed by atoms with Crippen LogP contribution in [0.3, 0.4) is 0 Å². The number of ether oxygens (including phenoxy) is 1. The lowest BCUT2D eigenvalue weighted by Crippen LogP contribution is -2.44. The molecule has 0 spiro atoms. The molecule has 0 amide bonds. The van der Waals surface area contributed by atoms with Gasteiger partial charge in [-0.25, -0.2) is 0 Å². The molecule has 1 aliphatic heterocycles. The van der Waals surface area contributed by atoms with E-state index in [9.17, 15) is 0 Å². The number of halogens is 1. The number of hydrogen-bond acceptors (Lipinski definition) is 7. The predicted octanol–water partition coefficient (Wildman–Crippen LogP) is 2.34. The summed E-state index contributed by atoms with van der Waals surface area (Å²) in [6, 6.07) is 3.68. The minimum atomic E-state index is 0.437. The van der Waals surface area contributed by atoms with Gasteiger partial charge in [0.05, 0.1) is 19.0 Å². The van der Waals surface area contributed by atoms with Gasteiger partial charge in [0.2, 0.25) is 5.95 Å². The highest BCUT2D eigenvalue weighted by molar-refractivity contribution is 6.31. The van der Waals surface area contributed by atoms with Crippen molar-refractivity contribution in [1.29, 1.82) is 0 Å². The van der Waals surface area contributed by atoms with Crippen molar-refractivity contribution in [2.45, 2.75) is 6.92 Å². The molecule has 24 heavy (non-hydrogen) atoms. The Hall–Kier alpha value is -2.12. The van der Waals surface area contributed by atoms with Gasteiger partial charge >= 0.3 is 0 Å². The first-order valence-corrected chi connectivity index (χ1v) is 8.19. The first-order valence-electron chi connectivity index (χ1n) is 7.81. The Kier molecular flexibility index (Phi) is 5.01. The number of likely N-dealkylation sites (N-methyl/N-ethyl adjacent to an activating group) is 1. The molecule has 1 aromatic carbocycles. The molecule has 0 atom stereocenters. The molecule has 0 aliphatic carbocycles. The highest BCUT2D eigenvalue weighted by Gasteiger charge is 2.17. The van der Waals surface area contributed by atoms with Crippen LogP contribution in [0.4, 0.5) is 17.5 Å². The maximum absolute atomic E-state index is 6.14. The Balaban J connectivity index is 1.81. The van der Waals surface area contributed by atoms with E-state index in [1.165, 1.54) is 0 Å². The summed E-state index contributed by atoms with van der Waals surface area (Å²) in [4.78, 5) is 9.09. The highest BCUT2D eigenvalue weighted by Crippen LogP contribution is 2.32. The molecule has 0 bridgehead atoms. The van der Waals surface area contributed by atoms with Gasteiger partial charge in [0.1, 0.15) is 5.75 Å². The maximum Gasteiger partial charge on any atom is 0.249 e. The summed E-state index contributed by atoms with van der Waals surface area (Å²) in [6.07, 6.45) is 1.70. The predicted molar refractivity (Wildman–Crippen MR) is 95.6 cm³/mol. The van der Waals surface area contributed by atoms with Gasteiger partial charge in [-0.2, -0.15) is 10.1 Å². The summed E-state index contributed by atoms with van der Waals surface area (Å²) in [5, 5.41) is 12.0. The molecular formula is C16H21ClN6O. The molecule has 128 valence electrons. The highest BCUT2D eigenvalue weighted by atomic mass is 35.5. The average molecular weight is 349 g/mol. The lowest BCUT2D eigenvalue weighted by molar-refractivity contribution is 0.312. The zero-order chi connectivity index (χ0) is 17.1. The molecule has 0 unspecified atom stereocenters. The third kappa shape index (κ3) is 3.68. The van der Waals surface area contributed by atoms with E-state index in [-0.39, 0.29) is 0 Å². The molecule has 7 nitrogen and oxygen atoms in total. The van der Waals surface area contributed by atoms with Crippen molar-refractivity contribution in [1.82, 2.24) is 20.1 Å². The van der Waals surface area contributed by atoms with Crippen molar-refractivity contribution in [3.8, 4) is 5.75 Å². The van der Waals surface area contributed by atoms with Gasteiger partial charge in [-0.05, 0) is 25.6 Å². The van der Waals surface area contributed by atoms with Crippen LogP contribution in [0.1, 0.15) is 5.56 Å². The first kappa shape index (κ1) is 16.7. The van der Waals surface area contributed by atoms with Crippen molar-refractivity contribution in [3.05, 3.63) is 28.9 Å². The number of methoxy groups -OCH3 is 1. The fourth-order valence-electron chi connectivity index (χ4n) is 2.59. The monoisotopic (exact) mass is 348 g/mol. The number of rotatable bonds is 4. The molecule has 1 fully saturated rings. The van der Waals surface area contributed by atoms with Crippen LogP contribution < -0.4 is 15.0 Å². The fraction of sp³-hybridized carbons (Fsp3) is 0.438. The summed E-state index contributed by atoms with van der Waals surface area (Å²) in [5.41, 5.74) is 1.71. The Morgan fingerprint density at radius 3 is 2.67 bits per heavy atom. The standard InChI is InChI=1S/C16H21ClN6O/c1-11-8-13(14(24-3)9-12(11)17)19-16-20-15(10-18-21-16)23-6-4-22(2)5-7-23/h8-10H,4-7H2,1-3H3,(H,19,20,21). The fourth-order valence-corrected chi connectivity index (χ4v) is 2.74. The van der Waals surface area contributed by atoms with Gasteiger partial charge in [0, 0.05) is 37.3 Å². The largest absolute Gasteiger partial charge is 0.495 e. The Morgan fingerprint density at radius 1 is 1.21 bits per heavy atom. The zero-order valence-electron chi connectivity index (χ0n) is 14.1. The van der Waals surface area contributed by atoms with Crippen LogP contribution in [0, 0.1) is 6.92 Å². The molecular weight excluding hydrogens is 328 g/mol. The van der Waals surface area contributed by atoms with Crippen LogP contribution in [-0.2, 0) is 0 Å². The zero-order valence-corrected chi connectivity index (χ0v) is 14.8. The SMILES string of the molecule is COc1cc(Cl)c(C)cc1Nc1nncc(N2CCN(C)CC2)n1. The number of aromatic nitrogens is 3. The van der Waals surface area contributed by atoms with E-state index in [4.69, 9.17) is 16.3 Å². The van der Waals surface area contributed by atoms with Crippen molar-refractivity contribution in [3.63, 3.8) is 0 Å². The molecule has 2 heterocycles. The van der Waals surface area contributed by atoms with E-state index in [0.717, 1.165) is 43.2 Å². The van der Waals surface area contributed by atoms with Crippen molar-refractivity contribution in [2.24, 2.45) is 0 Å². The summed E-state index contributed by atoms with van der Waals surface area (Å²) >= 11 is 6.14. The van der Waals surface area contributed by atoms with Gasteiger partial charge in [0.25, 0.3) is 0 Å². The van der Waals surface area contributed by atoms with Crippen LogP contribution in [0.5, 0.6) is 5.75 Å². The quantitative estimate of drug-likeness (QED) is 0.909. The second kappa shape index (κ2) is 7.19. The number of aryl methyl sites for hydroxylation is 1. The normalized spacial score (nSPS) is 15.4. The first-order chi connectivity index (χ1) is 11.6. The van der Waals surface area contributed by atoms with E-state index in [1.807, 2.05) is 13.0 Å². The number of benzene rings is 1. The smallest absolute Gasteiger partial charge is 0.249 e. The number of nitrogens with one attached hydrogen (secondary N) is 1. The topological polar surface area (TPSA) is 66.4 Å². The van der Waals surface area contributed by atoms with E-state index in [2.05, 4.69) is 37.3 Å². The molecule has 8 heteroatoms. The van der Waals surface area contributed by atoms with Gasteiger partial charge in [-0.3, -0.25) is 0 Å². The van der Waals surface area contributed by atoms with E-state index in [0.29, 0.717) is 16.7 Å². The molecule has 1 saturated heterocycles. The summed E-state index contributed by atoms with van der Waals surface area (Å²) < 4.78 is 5.37. The Morgan fingerprint density at radius 2 is 1.96 bits per heavy atom.